The average Bonchev–Trinajstić information content (AvgIpc) is 3.21. The van der Waals surface area contributed by atoms with Gasteiger partial charge in [0.1, 0.15) is 6.23 Å². The SMILES string of the molecule is O=C1CCc2cccc(N3CCCC3O)c2N1Cc1ccsc1. The van der Waals surface area contributed by atoms with Crippen LogP contribution in [0.15, 0.2) is 35.0 Å². The molecule has 0 saturated carbocycles. The van der Waals surface area contributed by atoms with E-state index in [1.165, 1.54) is 5.56 Å². The molecule has 4 rings (SSSR count). The number of aliphatic hydroxyl groups is 1. The predicted molar refractivity (Wildman–Crippen MR) is 92.9 cm³/mol. The Hall–Kier alpha value is -1.85. The fourth-order valence-electron chi connectivity index (χ4n) is 3.59. The number of carbonyl (C=O) groups excluding carboxylic acids is 1. The van der Waals surface area contributed by atoms with Crippen molar-refractivity contribution in [2.45, 2.75) is 38.5 Å². The van der Waals surface area contributed by atoms with Gasteiger partial charge in [0.15, 0.2) is 0 Å². The van der Waals surface area contributed by atoms with Gasteiger partial charge in [-0.2, -0.15) is 11.3 Å². The van der Waals surface area contributed by atoms with E-state index in [2.05, 4.69) is 17.5 Å². The Balaban J connectivity index is 1.77. The van der Waals surface area contributed by atoms with Gasteiger partial charge in [0.2, 0.25) is 5.91 Å². The van der Waals surface area contributed by atoms with Crippen molar-refractivity contribution in [1.82, 2.24) is 0 Å². The molecular weight excluding hydrogens is 308 g/mol. The van der Waals surface area contributed by atoms with Crippen LogP contribution in [0, 0.1) is 0 Å². The van der Waals surface area contributed by atoms with E-state index in [4.69, 9.17) is 0 Å². The smallest absolute Gasteiger partial charge is 0.227 e. The third-order valence-electron chi connectivity index (χ3n) is 4.73. The van der Waals surface area contributed by atoms with Crippen LogP contribution in [0.1, 0.15) is 30.4 Å². The molecule has 1 atom stereocenters. The molecule has 1 unspecified atom stereocenters. The largest absolute Gasteiger partial charge is 0.374 e. The van der Waals surface area contributed by atoms with Crippen LogP contribution >= 0.6 is 11.3 Å². The van der Waals surface area contributed by atoms with Crippen LogP contribution in [-0.4, -0.2) is 23.8 Å². The van der Waals surface area contributed by atoms with Crippen molar-refractivity contribution in [1.29, 1.82) is 0 Å². The second-order valence-electron chi connectivity index (χ2n) is 6.21. The van der Waals surface area contributed by atoms with E-state index in [-0.39, 0.29) is 5.91 Å². The standard InChI is InChI=1S/C18H20N2O2S/c21-16-5-2-9-19(16)15-4-1-3-14-6-7-17(22)20(18(14)15)11-13-8-10-23-12-13/h1,3-4,8,10,12,16,21H,2,5-7,9,11H2. The number of hydrogen-bond donors (Lipinski definition) is 1. The molecule has 2 aliphatic rings. The Morgan fingerprint density at radius 2 is 2.17 bits per heavy atom. The minimum absolute atomic E-state index is 0.171. The van der Waals surface area contributed by atoms with Gasteiger partial charge in [-0.1, -0.05) is 12.1 Å². The molecule has 4 nitrogen and oxygen atoms in total. The van der Waals surface area contributed by atoms with Crippen molar-refractivity contribution in [2.24, 2.45) is 0 Å². The molecule has 0 spiro atoms. The molecule has 1 N–H and O–H groups in total. The lowest BCUT2D eigenvalue weighted by molar-refractivity contribution is -0.119. The van der Waals surface area contributed by atoms with Crippen LogP contribution in [-0.2, 0) is 17.8 Å². The lowest BCUT2D eigenvalue weighted by Gasteiger charge is -2.35. The Labute approximate surface area is 140 Å². The van der Waals surface area contributed by atoms with Gasteiger partial charge in [0.25, 0.3) is 0 Å². The summed E-state index contributed by atoms with van der Waals surface area (Å²) in [6.45, 7) is 1.45. The molecule has 23 heavy (non-hydrogen) atoms. The van der Waals surface area contributed by atoms with E-state index in [0.717, 1.165) is 42.7 Å². The molecule has 1 aromatic heterocycles. The number of aliphatic hydroxyl groups excluding tert-OH is 1. The molecule has 0 aliphatic carbocycles. The Kier molecular flexibility index (Phi) is 3.83. The summed E-state index contributed by atoms with van der Waals surface area (Å²) >= 11 is 1.65. The highest BCUT2D eigenvalue weighted by Gasteiger charge is 2.31. The number of thiophene rings is 1. The van der Waals surface area contributed by atoms with Crippen molar-refractivity contribution in [3.8, 4) is 0 Å². The second-order valence-corrected chi connectivity index (χ2v) is 6.99. The number of benzene rings is 1. The van der Waals surface area contributed by atoms with E-state index in [1.54, 1.807) is 11.3 Å². The first-order chi connectivity index (χ1) is 11.2. The normalized spacial score (nSPS) is 20.9. The minimum atomic E-state index is -0.443. The zero-order valence-corrected chi connectivity index (χ0v) is 13.8. The fraction of sp³-hybridized carbons (Fsp3) is 0.389. The molecule has 120 valence electrons. The van der Waals surface area contributed by atoms with Crippen molar-refractivity contribution >= 4 is 28.6 Å². The Bertz CT molecular complexity index is 714. The summed E-state index contributed by atoms with van der Waals surface area (Å²) in [4.78, 5) is 16.5. The molecule has 0 radical (unpaired) electrons. The monoisotopic (exact) mass is 328 g/mol. The summed E-state index contributed by atoms with van der Waals surface area (Å²) in [5.74, 6) is 0.171. The number of para-hydroxylation sites is 1. The highest BCUT2D eigenvalue weighted by Crippen LogP contribution is 2.40. The highest BCUT2D eigenvalue weighted by atomic mass is 32.1. The molecule has 1 fully saturated rings. The van der Waals surface area contributed by atoms with Crippen LogP contribution < -0.4 is 9.80 Å². The average molecular weight is 328 g/mol. The number of nitrogens with zero attached hydrogens (tertiary/aromatic N) is 2. The van der Waals surface area contributed by atoms with Crippen molar-refractivity contribution < 1.29 is 9.90 Å². The quantitative estimate of drug-likeness (QED) is 0.941. The highest BCUT2D eigenvalue weighted by molar-refractivity contribution is 7.07. The molecule has 2 aromatic rings. The third kappa shape index (κ3) is 2.64. The molecular formula is C18H20N2O2S. The predicted octanol–water partition coefficient (Wildman–Crippen LogP) is 3.15. The fourth-order valence-corrected chi connectivity index (χ4v) is 4.25. The lowest BCUT2D eigenvalue weighted by Crippen LogP contribution is -2.37. The summed E-state index contributed by atoms with van der Waals surface area (Å²) in [6.07, 6.45) is 2.68. The maximum absolute atomic E-state index is 12.6. The number of anilines is 2. The van der Waals surface area contributed by atoms with Crippen molar-refractivity contribution in [3.05, 3.63) is 46.2 Å². The van der Waals surface area contributed by atoms with E-state index in [9.17, 15) is 9.90 Å². The number of rotatable bonds is 3. The van der Waals surface area contributed by atoms with Crippen LogP contribution in [0.5, 0.6) is 0 Å². The second kappa shape index (κ2) is 5.98. The van der Waals surface area contributed by atoms with E-state index < -0.39 is 6.23 Å². The van der Waals surface area contributed by atoms with Crippen LogP contribution in [0.4, 0.5) is 11.4 Å². The minimum Gasteiger partial charge on any atom is -0.374 e. The lowest BCUT2D eigenvalue weighted by atomic mass is 9.98. The first-order valence-corrected chi connectivity index (χ1v) is 9.06. The molecule has 1 amide bonds. The first kappa shape index (κ1) is 14.7. The van der Waals surface area contributed by atoms with Gasteiger partial charge >= 0.3 is 0 Å². The van der Waals surface area contributed by atoms with Crippen molar-refractivity contribution in [3.63, 3.8) is 0 Å². The number of carbonyl (C=O) groups is 1. The molecule has 1 aromatic carbocycles. The maximum Gasteiger partial charge on any atom is 0.227 e. The van der Waals surface area contributed by atoms with Gasteiger partial charge < -0.3 is 14.9 Å². The molecule has 0 bridgehead atoms. The van der Waals surface area contributed by atoms with E-state index in [0.29, 0.717) is 13.0 Å². The van der Waals surface area contributed by atoms with Gasteiger partial charge in [-0.05, 0) is 53.3 Å². The summed E-state index contributed by atoms with van der Waals surface area (Å²) in [7, 11) is 0. The summed E-state index contributed by atoms with van der Waals surface area (Å²) in [6, 6.07) is 8.25. The number of fused-ring (bicyclic) bond motifs is 1. The summed E-state index contributed by atoms with van der Waals surface area (Å²) < 4.78 is 0. The van der Waals surface area contributed by atoms with Gasteiger partial charge in [-0.3, -0.25) is 4.79 Å². The maximum atomic E-state index is 12.6. The van der Waals surface area contributed by atoms with E-state index >= 15 is 0 Å². The zero-order chi connectivity index (χ0) is 15.8. The summed E-state index contributed by atoms with van der Waals surface area (Å²) in [5.41, 5.74) is 4.36. The van der Waals surface area contributed by atoms with E-state index in [1.807, 2.05) is 27.3 Å². The number of hydrogen-bond acceptors (Lipinski definition) is 4. The number of amides is 1. The van der Waals surface area contributed by atoms with Gasteiger partial charge in [-0.25, -0.2) is 0 Å². The van der Waals surface area contributed by atoms with Crippen molar-refractivity contribution in [2.75, 3.05) is 16.3 Å². The number of aryl methyl sites for hydroxylation is 1. The van der Waals surface area contributed by atoms with Crippen LogP contribution in [0.25, 0.3) is 0 Å². The molecule has 3 heterocycles. The zero-order valence-electron chi connectivity index (χ0n) is 12.9. The van der Waals surface area contributed by atoms with Crippen LogP contribution in [0.3, 0.4) is 0 Å². The van der Waals surface area contributed by atoms with Gasteiger partial charge in [-0.15, -0.1) is 0 Å². The Morgan fingerprint density at radius 3 is 2.91 bits per heavy atom. The van der Waals surface area contributed by atoms with Crippen LogP contribution in [0.2, 0.25) is 0 Å². The molecule has 5 heteroatoms. The van der Waals surface area contributed by atoms with Gasteiger partial charge in [0, 0.05) is 13.0 Å². The Morgan fingerprint density at radius 1 is 1.26 bits per heavy atom. The first-order valence-electron chi connectivity index (χ1n) is 8.12. The third-order valence-corrected chi connectivity index (χ3v) is 5.46. The topological polar surface area (TPSA) is 43.8 Å². The summed E-state index contributed by atoms with van der Waals surface area (Å²) in [5, 5.41) is 14.4. The van der Waals surface area contributed by atoms with Gasteiger partial charge in [0.05, 0.1) is 17.9 Å². The molecule has 2 aliphatic heterocycles. The molecule has 1 saturated heterocycles.